The number of allylic oxidation sites excluding steroid dienone is 2. The van der Waals surface area contributed by atoms with Crippen molar-refractivity contribution in [1.29, 1.82) is 0 Å². The van der Waals surface area contributed by atoms with Crippen LogP contribution in [0, 0.1) is 0 Å². The third-order valence-electron chi connectivity index (χ3n) is 1.96. The van der Waals surface area contributed by atoms with Crippen LogP contribution in [-0.4, -0.2) is 30.3 Å². The largest absolute Gasteiger partial charge is 0.464 e. The van der Waals surface area contributed by atoms with Crippen molar-refractivity contribution in [1.82, 2.24) is 5.32 Å². The molecule has 0 radical (unpaired) electrons. The van der Waals surface area contributed by atoms with Crippen LogP contribution in [0.5, 0.6) is 0 Å². The van der Waals surface area contributed by atoms with Gasteiger partial charge in [-0.15, -0.1) is 0 Å². The molecule has 0 bridgehead atoms. The molecule has 82 valence electrons. The molecule has 1 fully saturated rings. The van der Waals surface area contributed by atoms with Gasteiger partial charge in [-0.05, 0) is 13.0 Å². The predicted molar refractivity (Wildman–Crippen MR) is 51.9 cm³/mol. The fourth-order valence-electron chi connectivity index (χ4n) is 1.28. The second-order valence-electron chi connectivity index (χ2n) is 3.22. The van der Waals surface area contributed by atoms with E-state index in [1.165, 1.54) is 6.08 Å². The van der Waals surface area contributed by atoms with Crippen LogP contribution in [0.2, 0.25) is 0 Å². The van der Waals surface area contributed by atoms with Gasteiger partial charge in [0, 0.05) is 6.42 Å². The van der Waals surface area contributed by atoms with Crippen LogP contribution in [0.15, 0.2) is 12.2 Å². The number of cyclic esters (lactones) is 1. The number of rotatable bonds is 4. The summed E-state index contributed by atoms with van der Waals surface area (Å²) < 4.78 is 4.67. The maximum absolute atomic E-state index is 11.3. The van der Waals surface area contributed by atoms with Crippen molar-refractivity contribution in [2.75, 3.05) is 6.61 Å². The predicted octanol–water partition coefficient (Wildman–Crippen LogP) is -0.0466. The van der Waals surface area contributed by atoms with Crippen molar-refractivity contribution in [2.24, 2.45) is 0 Å². The molecular formula is C10H13NO4. The van der Waals surface area contributed by atoms with Crippen molar-refractivity contribution < 1.29 is 19.1 Å². The first-order valence-electron chi connectivity index (χ1n) is 4.75. The van der Waals surface area contributed by atoms with Crippen LogP contribution in [0.4, 0.5) is 0 Å². The number of carbonyl (C=O) groups is 3. The first-order valence-corrected chi connectivity index (χ1v) is 4.75. The fourth-order valence-corrected chi connectivity index (χ4v) is 1.28. The van der Waals surface area contributed by atoms with Crippen LogP contribution in [0.25, 0.3) is 0 Å². The molecule has 0 aromatic heterocycles. The lowest BCUT2D eigenvalue weighted by atomic mass is 10.2. The molecule has 0 aromatic carbocycles. The van der Waals surface area contributed by atoms with Gasteiger partial charge >= 0.3 is 5.97 Å². The Morgan fingerprint density at radius 3 is 2.87 bits per heavy atom. The van der Waals surface area contributed by atoms with E-state index in [1.54, 1.807) is 13.0 Å². The van der Waals surface area contributed by atoms with Gasteiger partial charge in [0.25, 0.3) is 0 Å². The number of hydrogen-bond donors (Lipinski definition) is 1. The summed E-state index contributed by atoms with van der Waals surface area (Å²) in [4.78, 5) is 33.3. The summed E-state index contributed by atoms with van der Waals surface area (Å²) in [6, 6.07) is -0.587. The van der Waals surface area contributed by atoms with Crippen molar-refractivity contribution in [3.8, 4) is 0 Å². The van der Waals surface area contributed by atoms with Crippen LogP contribution in [0.1, 0.15) is 19.8 Å². The highest BCUT2D eigenvalue weighted by molar-refractivity contribution is 6.04. The highest BCUT2D eigenvalue weighted by atomic mass is 16.5. The molecule has 1 heterocycles. The first kappa shape index (κ1) is 11.4. The zero-order valence-corrected chi connectivity index (χ0v) is 8.49. The minimum absolute atomic E-state index is 0.228. The van der Waals surface area contributed by atoms with Gasteiger partial charge in [-0.3, -0.25) is 9.59 Å². The molecule has 15 heavy (non-hydrogen) atoms. The molecule has 0 aliphatic carbocycles. The molecule has 0 spiro atoms. The van der Waals surface area contributed by atoms with Gasteiger partial charge in [-0.1, -0.05) is 6.08 Å². The molecule has 5 nitrogen and oxygen atoms in total. The Balaban J connectivity index is 2.35. The summed E-state index contributed by atoms with van der Waals surface area (Å²) >= 11 is 0. The Morgan fingerprint density at radius 2 is 2.33 bits per heavy atom. The Morgan fingerprint density at radius 1 is 1.60 bits per heavy atom. The molecule has 5 heteroatoms. The van der Waals surface area contributed by atoms with E-state index in [0.29, 0.717) is 13.0 Å². The zero-order valence-electron chi connectivity index (χ0n) is 8.49. The van der Waals surface area contributed by atoms with Gasteiger partial charge in [0.2, 0.25) is 5.91 Å². The topological polar surface area (TPSA) is 72.5 Å². The smallest absolute Gasteiger partial charge is 0.328 e. The van der Waals surface area contributed by atoms with E-state index in [0.717, 1.165) is 0 Å². The Bertz CT molecular complexity index is 309. The molecule has 1 aliphatic heterocycles. The second kappa shape index (κ2) is 5.29. The maximum atomic E-state index is 11.3. The molecular weight excluding hydrogens is 198 g/mol. The monoisotopic (exact) mass is 211 g/mol. The molecule has 0 unspecified atom stereocenters. The highest BCUT2D eigenvalue weighted by Gasteiger charge is 2.27. The number of ketones is 1. The van der Waals surface area contributed by atoms with Crippen LogP contribution < -0.4 is 5.32 Å². The van der Waals surface area contributed by atoms with E-state index >= 15 is 0 Å². The molecule has 1 atom stereocenters. The van der Waals surface area contributed by atoms with Crippen molar-refractivity contribution in [3.05, 3.63) is 12.2 Å². The molecule has 1 amide bonds. The standard InChI is InChI=1S/C10H13NO4/c1-2-3-7(12)6-9(13)11-8-4-5-15-10(8)14/h2-3,8H,4-6H2,1H3,(H,11,13)/t8-/m0/s1. The third kappa shape index (κ3) is 3.53. The molecule has 1 aliphatic rings. The summed E-state index contributed by atoms with van der Waals surface area (Å²) in [6.45, 7) is 2.02. The van der Waals surface area contributed by atoms with E-state index in [4.69, 9.17) is 0 Å². The lowest BCUT2D eigenvalue weighted by Crippen LogP contribution is -2.38. The average molecular weight is 211 g/mol. The molecule has 1 rings (SSSR count). The first-order chi connectivity index (χ1) is 7.13. The van der Waals surface area contributed by atoms with Crippen LogP contribution in [-0.2, 0) is 19.1 Å². The molecule has 0 aromatic rings. The number of hydrogen-bond acceptors (Lipinski definition) is 4. The van der Waals surface area contributed by atoms with E-state index in [9.17, 15) is 14.4 Å². The summed E-state index contributed by atoms with van der Waals surface area (Å²) in [5.41, 5.74) is 0. The van der Waals surface area contributed by atoms with Crippen molar-refractivity contribution >= 4 is 17.7 Å². The van der Waals surface area contributed by atoms with Gasteiger partial charge in [0.15, 0.2) is 5.78 Å². The van der Waals surface area contributed by atoms with Crippen molar-refractivity contribution in [3.63, 3.8) is 0 Å². The summed E-state index contributed by atoms with van der Waals surface area (Å²) in [5, 5.41) is 2.45. The fraction of sp³-hybridized carbons (Fsp3) is 0.500. The lowest BCUT2D eigenvalue weighted by Gasteiger charge is -2.06. The number of ether oxygens (including phenoxy) is 1. The highest BCUT2D eigenvalue weighted by Crippen LogP contribution is 2.05. The average Bonchev–Trinajstić information content (AvgIpc) is 2.52. The van der Waals surface area contributed by atoms with E-state index in [-0.39, 0.29) is 12.2 Å². The molecule has 1 saturated heterocycles. The van der Waals surface area contributed by atoms with Crippen LogP contribution >= 0.6 is 0 Å². The van der Waals surface area contributed by atoms with E-state index < -0.39 is 17.9 Å². The van der Waals surface area contributed by atoms with Crippen molar-refractivity contribution in [2.45, 2.75) is 25.8 Å². The summed E-state index contributed by atoms with van der Waals surface area (Å²) in [5.74, 6) is -1.15. The zero-order chi connectivity index (χ0) is 11.3. The van der Waals surface area contributed by atoms with Crippen LogP contribution in [0.3, 0.4) is 0 Å². The van der Waals surface area contributed by atoms with E-state index in [1.807, 2.05) is 0 Å². The quantitative estimate of drug-likeness (QED) is 0.402. The third-order valence-corrected chi connectivity index (χ3v) is 1.96. The summed E-state index contributed by atoms with van der Waals surface area (Å²) in [6.07, 6.45) is 3.14. The number of amides is 1. The number of carbonyl (C=O) groups excluding carboxylic acids is 3. The normalized spacial score (nSPS) is 20.3. The Labute approximate surface area is 87.5 Å². The Hall–Kier alpha value is -1.65. The SMILES string of the molecule is CC=CC(=O)CC(=O)N[C@H]1CCOC1=O. The van der Waals surface area contributed by atoms with Gasteiger partial charge in [-0.25, -0.2) is 4.79 Å². The number of esters is 1. The van der Waals surface area contributed by atoms with Gasteiger partial charge < -0.3 is 10.1 Å². The maximum Gasteiger partial charge on any atom is 0.328 e. The minimum atomic E-state index is -0.587. The van der Waals surface area contributed by atoms with Gasteiger partial charge in [0.05, 0.1) is 13.0 Å². The minimum Gasteiger partial charge on any atom is -0.464 e. The van der Waals surface area contributed by atoms with E-state index in [2.05, 4.69) is 10.1 Å². The number of nitrogens with one attached hydrogen (secondary N) is 1. The molecule has 0 saturated carbocycles. The summed E-state index contributed by atoms with van der Waals surface area (Å²) in [7, 11) is 0. The second-order valence-corrected chi connectivity index (χ2v) is 3.22. The van der Waals surface area contributed by atoms with Gasteiger partial charge in [-0.2, -0.15) is 0 Å². The Kier molecular flexibility index (Phi) is 4.03. The molecule has 1 N–H and O–H groups in total. The lowest BCUT2D eigenvalue weighted by molar-refractivity contribution is -0.141. The van der Waals surface area contributed by atoms with Gasteiger partial charge in [0.1, 0.15) is 6.04 Å².